The number of hydrogen-bond acceptors (Lipinski definition) is 6. The van der Waals surface area contributed by atoms with E-state index in [4.69, 9.17) is 14.8 Å². The third-order valence-corrected chi connectivity index (χ3v) is 7.79. The second kappa shape index (κ2) is 15.1. The van der Waals surface area contributed by atoms with Crippen molar-refractivity contribution in [1.29, 1.82) is 0 Å². The number of carbonyl (C=O) groups is 2. The first-order valence-electron chi connectivity index (χ1n) is 15.3. The molecule has 2 heterocycles. The molecule has 1 aromatic heterocycles. The van der Waals surface area contributed by atoms with Gasteiger partial charge in [-0.05, 0) is 60.4 Å². The van der Waals surface area contributed by atoms with Crippen molar-refractivity contribution >= 4 is 17.8 Å². The smallest absolute Gasteiger partial charge is 0.404 e. The molecule has 0 fully saturated rings. The van der Waals surface area contributed by atoms with Gasteiger partial charge in [0.15, 0.2) is 17.6 Å². The number of phenols is 1. The Bertz CT molecular complexity index is 1610. The Morgan fingerprint density at radius 3 is 2.42 bits per heavy atom. The Morgan fingerprint density at radius 2 is 1.69 bits per heavy atom. The Balaban J connectivity index is 1.19. The number of ether oxygens (including phenoxy) is 1. The van der Waals surface area contributed by atoms with Gasteiger partial charge in [-0.2, -0.15) is 4.57 Å². The van der Waals surface area contributed by atoms with Crippen LogP contribution in [0.25, 0.3) is 11.3 Å². The molecule has 0 saturated heterocycles. The molecule has 0 bridgehead atoms. The van der Waals surface area contributed by atoms with Gasteiger partial charge < -0.3 is 20.3 Å². The topological polar surface area (TPSA) is 125 Å². The minimum Gasteiger partial charge on any atom is -0.508 e. The number of fused-ring (bicyclic) bond motifs is 1. The van der Waals surface area contributed by atoms with E-state index in [1.807, 2.05) is 30.3 Å². The summed E-state index contributed by atoms with van der Waals surface area (Å²) in [5.41, 5.74) is 3.83. The van der Waals surface area contributed by atoms with Crippen LogP contribution in [0.2, 0.25) is 0 Å². The molecule has 1 aliphatic heterocycles. The summed E-state index contributed by atoms with van der Waals surface area (Å²) in [6.07, 6.45) is 7.09. The van der Waals surface area contributed by atoms with Crippen molar-refractivity contribution in [2.45, 2.75) is 57.4 Å². The molecule has 3 aromatic carbocycles. The van der Waals surface area contributed by atoms with Gasteiger partial charge in [0.2, 0.25) is 0 Å². The van der Waals surface area contributed by atoms with Gasteiger partial charge in [0, 0.05) is 24.9 Å². The van der Waals surface area contributed by atoms with E-state index in [0.717, 1.165) is 49.7 Å². The molecule has 1 aliphatic rings. The number of anilines is 1. The zero-order valence-electron chi connectivity index (χ0n) is 25.0. The summed E-state index contributed by atoms with van der Waals surface area (Å²) < 4.78 is 22.2. The summed E-state index contributed by atoms with van der Waals surface area (Å²) in [6.45, 7) is 0.880. The van der Waals surface area contributed by atoms with Crippen LogP contribution in [-0.2, 0) is 12.8 Å². The number of carboxylic acid groups (broad SMARTS) is 1. The van der Waals surface area contributed by atoms with Crippen LogP contribution in [0.5, 0.6) is 11.5 Å². The van der Waals surface area contributed by atoms with Crippen LogP contribution >= 0.6 is 0 Å². The van der Waals surface area contributed by atoms with Crippen molar-refractivity contribution in [2.24, 2.45) is 0 Å². The molecule has 0 spiro atoms. The van der Waals surface area contributed by atoms with Gasteiger partial charge in [-0.15, -0.1) is 0 Å². The average Bonchev–Trinajstić information content (AvgIpc) is 3.34. The average molecular weight is 614 g/mol. The molecule has 1 unspecified atom stereocenters. The van der Waals surface area contributed by atoms with Crippen LogP contribution in [0.4, 0.5) is 15.0 Å². The maximum atomic E-state index is 15.0. The number of rotatable bonds is 15. The largest absolute Gasteiger partial charge is 0.508 e. The number of carbonyl (C=O) groups excluding carboxylic acids is 1. The van der Waals surface area contributed by atoms with Crippen LogP contribution in [0.3, 0.4) is 0 Å². The lowest BCUT2D eigenvalue weighted by Crippen LogP contribution is -2.44. The van der Waals surface area contributed by atoms with Crippen molar-refractivity contribution in [3.8, 4) is 22.8 Å². The van der Waals surface area contributed by atoms with E-state index < -0.39 is 18.0 Å². The minimum atomic E-state index is -0.993. The van der Waals surface area contributed by atoms with Crippen LogP contribution < -0.4 is 19.9 Å². The van der Waals surface area contributed by atoms with E-state index in [2.05, 4.69) is 10.6 Å². The highest BCUT2D eigenvalue weighted by Crippen LogP contribution is 2.27. The SMILES string of the molecule is O=C(O)NCCCCCCCCOc1ccc(CC2Nc3c(Cc4ccccc4)nc(-c4ccc(O)cc4)c[n+]3C2=O)cc1F. The van der Waals surface area contributed by atoms with E-state index in [1.165, 1.54) is 6.07 Å². The number of nitrogens with one attached hydrogen (secondary N) is 2. The van der Waals surface area contributed by atoms with Crippen molar-refractivity contribution in [1.82, 2.24) is 10.3 Å². The molecule has 0 saturated carbocycles. The molecule has 4 N–H and O–H groups in total. The number of aromatic nitrogens is 2. The van der Waals surface area contributed by atoms with E-state index in [1.54, 1.807) is 47.2 Å². The first kappa shape index (κ1) is 31.4. The molecule has 45 heavy (non-hydrogen) atoms. The molecule has 234 valence electrons. The molecule has 5 rings (SSSR count). The second-order valence-electron chi connectivity index (χ2n) is 11.2. The predicted molar refractivity (Wildman–Crippen MR) is 168 cm³/mol. The molecular formula is C35H38FN4O5+. The summed E-state index contributed by atoms with van der Waals surface area (Å²) in [6, 6.07) is 20.8. The third-order valence-electron chi connectivity index (χ3n) is 7.79. The van der Waals surface area contributed by atoms with Crippen LogP contribution in [0.1, 0.15) is 60.1 Å². The number of aromatic hydroxyl groups is 1. The quantitative estimate of drug-likeness (QED) is 0.0939. The maximum absolute atomic E-state index is 15.0. The Hall–Kier alpha value is -4.99. The molecule has 10 heteroatoms. The van der Waals surface area contributed by atoms with Crippen molar-refractivity contribution < 1.29 is 33.5 Å². The summed E-state index contributed by atoms with van der Waals surface area (Å²) in [7, 11) is 0. The minimum absolute atomic E-state index is 0.148. The van der Waals surface area contributed by atoms with Gasteiger partial charge in [-0.3, -0.25) is 5.32 Å². The number of hydrogen-bond donors (Lipinski definition) is 4. The number of amides is 1. The Morgan fingerprint density at radius 1 is 0.956 bits per heavy atom. The fourth-order valence-corrected chi connectivity index (χ4v) is 5.43. The fraction of sp³-hybridized carbons (Fsp3) is 0.314. The molecule has 4 aromatic rings. The maximum Gasteiger partial charge on any atom is 0.404 e. The summed E-state index contributed by atoms with van der Waals surface area (Å²) in [5, 5.41) is 24.0. The van der Waals surface area contributed by atoms with Crippen LogP contribution in [0, 0.1) is 5.82 Å². The highest BCUT2D eigenvalue weighted by Gasteiger charge is 2.41. The first-order valence-corrected chi connectivity index (χ1v) is 15.3. The van der Waals surface area contributed by atoms with Gasteiger partial charge in [0.05, 0.1) is 6.61 Å². The van der Waals surface area contributed by atoms with Crippen molar-refractivity contribution in [3.05, 3.63) is 102 Å². The number of halogens is 1. The standard InChI is InChI=1S/C35H37FN4O5/c36-28-20-25(12-17-32(28)45-19-9-4-2-1-3-8-18-37-35(43)44)22-30-34(42)40-23-31(26-13-15-27(41)16-14-26)38-29(33(40)39-30)21-24-10-6-5-7-11-24/h5-7,10-17,20,23,30,37H,1-4,8-9,18-19,21-22H2,(H2,41,43,44)/p+1. The zero-order valence-corrected chi connectivity index (χ0v) is 25.0. The van der Waals surface area contributed by atoms with Gasteiger partial charge in [-0.1, -0.05) is 62.1 Å². The number of nitrogens with zero attached hydrogens (tertiary/aromatic N) is 2. The molecule has 0 aliphatic carbocycles. The molecule has 1 amide bonds. The van der Waals surface area contributed by atoms with Gasteiger partial charge in [-0.25, -0.2) is 19.0 Å². The van der Waals surface area contributed by atoms with Crippen LogP contribution in [0.15, 0.2) is 79.0 Å². The molecular weight excluding hydrogens is 575 g/mol. The molecule has 9 nitrogen and oxygen atoms in total. The number of unbranched alkanes of at least 4 members (excludes halogenated alkanes) is 5. The van der Waals surface area contributed by atoms with E-state index >= 15 is 0 Å². The van der Waals surface area contributed by atoms with Gasteiger partial charge in [0.1, 0.15) is 23.3 Å². The normalized spacial score (nSPS) is 13.7. The lowest BCUT2D eigenvalue weighted by Gasteiger charge is -2.10. The van der Waals surface area contributed by atoms with Gasteiger partial charge in [0.25, 0.3) is 0 Å². The highest BCUT2D eigenvalue weighted by atomic mass is 19.1. The third kappa shape index (κ3) is 8.56. The van der Waals surface area contributed by atoms with E-state index in [-0.39, 0.29) is 17.4 Å². The summed E-state index contributed by atoms with van der Waals surface area (Å²) in [4.78, 5) is 29.0. The van der Waals surface area contributed by atoms with Crippen LogP contribution in [-0.4, -0.2) is 46.4 Å². The van der Waals surface area contributed by atoms with E-state index in [0.29, 0.717) is 48.8 Å². The second-order valence-corrected chi connectivity index (χ2v) is 11.2. The Kier molecular flexibility index (Phi) is 10.6. The summed E-state index contributed by atoms with van der Waals surface area (Å²) >= 11 is 0. The lowest BCUT2D eigenvalue weighted by molar-refractivity contribution is -0.552. The number of phenolic OH excluding ortho intramolecular Hbond substituents is 1. The van der Waals surface area contributed by atoms with Crippen molar-refractivity contribution in [2.75, 3.05) is 18.5 Å². The van der Waals surface area contributed by atoms with Crippen molar-refractivity contribution in [3.63, 3.8) is 0 Å². The molecule has 0 radical (unpaired) electrons. The Labute approximate surface area is 261 Å². The van der Waals surface area contributed by atoms with Gasteiger partial charge >= 0.3 is 17.8 Å². The number of benzene rings is 3. The monoisotopic (exact) mass is 613 g/mol. The zero-order chi connectivity index (χ0) is 31.6. The predicted octanol–water partition coefficient (Wildman–Crippen LogP) is 6.14. The first-order chi connectivity index (χ1) is 21.9. The summed E-state index contributed by atoms with van der Waals surface area (Å²) in [5.74, 6) is 0.342. The molecule has 1 atom stereocenters. The highest BCUT2D eigenvalue weighted by molar-refractivity contribution is 5.82. The fourth-order valence-electron chi connectivity index (χ4n) is 5.43. The lowest BCUT2D eigenvalue weighted by atomic mass is 10.1. The van der Waals surface area contributed by atoms with E-state index in [9.17, 15) is 19.1 Å².